The maximum absolute atomic E-state index is 13.6. The maximum atomic E-state index is 13.6. The zero-order valence-corrected chi connectivity index (χ0v) is 25.9. The van der Waals surface area contributed by atoms with Gasteiger partial charge in [-0.3, -0.25) is 14.5 Å². The molecule has 1 N–H and O–H groups in total. The first-order valence-corrected chi connectivity index (χ1v) is 16.0. The third kappa shape index (κ3) is 6.76. The lowest BCUT2D eigenvalue weighted by atomic mass is 9.95. The minimum atomic E-state index is -0.952. The number of hydrogen-bond donors (Lipinski definition) is 1. The van der Waals surface area contributed by atoms with Crippen LogP contribution < -0.4 is 14.4 Å². The molecular formula is C33H33N3O5S2. The smallest absolute Gasteiger partial charge is 0.301 e. The van der Waals surface area contributed by atoms with E-state index in [9.17, 15) is 14.7 Å². The highest BCUT2D eigenvalue weighted by Gasteiger charge is 2.48. The van der Waals surface area contributed by atoms with Crippen LogP contribution >= 0.6 is 23.1 Å². The number of Topliss-reactive ketones (excluding diaryl/α,β-unsaturated/α-hetero) is 1. The minimum absolute atomic E-state index is 0.0256. The van der Waals surface area contributed by atoms with Crippen LogP contribution in [-0.2, 0) is 15.3 Å². The van der Waals surface area contributed by atoms with Crippen molar-refractivity contribution in [3.05, 3.63) is 101 Å². The molecule has 4 aromatic rings. The van der Waals surface area contributed by atoms with E-state index < -0.39 is 17.7 Å². The predicted octanol–water partition coefficient (Wildman–Crippen LogP) is 7.34. The van der Waals surface area contributed by atoms with Gasteiger partial charge < -0.3 is 14.6 Å². The molecule has 0 saturated carbocycles. The van der Waals surface area contributed by atoms with Gasteiger partial charge in [0, 0.05) is 11.3 Å². The Balaban J connectivity index is 1.55. The number of aliphatic hydroxyl groups is 1. The average molecular weight is 616 g/mol. The number of ketones is 1. The first-order valence-electron chi connectivity index (χ1n) is 14.2. The largest absolute Gasteiger partial charge is 0.507 e. The number of carbonyl (C=O) groups is 2. The number of aliphatic hydroxyl groups excluding tert-OH is 1. The summed E-state index contributed by atoms with van der Waals surface area (Å²) >= 11 is 2.74. The van der Waals surface area contributed by atoms with Gasteiger partial charge in [0.2, 0.25) is 5.13 Å². The maximum Gasteiger partial charge on any atom is 0.301 e. The quantitative estimate of drug-likeness (QED) is 0.0441. The number of benzene rings is 3. The van der Waals surface area contributed by atoms with Crippen molar-refractivity contribution in [2.75, 3.05) is 18.1 Å². The van der Waals surface area contributed by atoms with Gasteiger partial charge in [0.25, 0.3) is 5.78 Å². The van der Waals surface area contributed by atoms with E-state index in [-0.39, 0.29) is 16.5 Å². The molecule has 0 radical (unpaired) electrons. The van der Waals surface area contributed by atoms with E-state index in [0.717, 1.165) is 18.4 Å². The van der Waals surface area contributed by atoms with Gasteiger partial charge in [0.1, 0.15) is 5.76 Å². The van der Waals surface area contributed by atoms with Crippen LogP contribution in [0.15, 0.2) is 82.7 Å². The molecule has 0 spiro atoms. The average Bonchev–Trinajstić information content (AvgIpc) is 3.59. The van der Waals surface area contributed by atoms with Gasteiger partial charge in [-0.05, 0) is 43.5 Å². The van der Waals surface area contributed by atoms with Crippen molar-refractivity contribution in [2.24, 2.45) is 0 Å². The number of ether oxygens (including phenoxy) is 2. The van der Waals surface area contributed by atoms with Crippen molar-refractivity contribution in [3.63, 3.8) is 0 Å². The number of nitrogens with zero attached hydrogens (tertiary/aromatic N) is 3. The van der Waals surface area contributed by atoms with Crippen LogP contribution in [0, 0.1) is 6.92 Å². The van der Waals surface area contributed by atoms with E-state index in [0.29, 0.717) is 45.9 Å². The van der Waals surface area contributed by atoms with Crippen molar-refractivity contribution in [1.29, 1.82) is 0 Å². The van der Waals surface area contributed by atoms with Gasteiger partial charge in [-0.25, -0.2) is 0 Å². The molecule has 1 amide bonds. The lowest BCUT2D eigenvalue weighted by molar-refractivity contribution is -0.132. The molecule has 5 rings (SSSR count). The third-order valence-electron chi connectivity index (χ3n) is 6.92. The van der Waals surface area contributed by atoms with Gasteiger partial charge in [0.15, 0.2) is 15.8 Å². The number of thioether (sulfide) groups is 1. The number of aromatic nitrogens is 2. The Hall–Kier alpha value is -4.15. The fraction of sp³-hybridized carbons (Fsp3) is 0.273. The molecule has 1 aliphatic rings. The highest BCUT2D eigenvalue weighted by atomic mass is 32.2. The lowest BCUT2D eigenvalue weighted by Crippen LogP contribution is -2.29. The Kier molecular flexibility index (Phi) is 9.79. The lowest BCUT2D eigenvalue weighted by Gasteiger charge is -2.23. The Bertz CT molecular complexity index is 1620. The summed E-state index contributed by atoms with van der Waals surface area (Å²) in [5, 5.41) is 20.3. The second-order valence-electron chi connectivity index (χ2n) is 10.0. The molecular weight excluding hydrogens is 583 g/mol. The summed E-state index contributed by atoms with van der Waals surface area (Å²) in [6.45, 7) is 6.94. The second kappa shape index (κ2) is 13.9. The summed E-state index contributed by atoms with van der Waals surface area (Å²) < 4.78 is 12.5. The fourth-order valence-electron chi connectivity index (χ4n) is 4.69. The zero-order valence-electron chi connectivity index (χ0n) is 24.3. The van der Waals surface area contributed by atoms with Crippen LogP contribution in [0.5, 0.6) is 11.5 Å². The first kappa shape index (κ1) is 30.3. The SMILES string of the molecule is CCCCOc1ccc(C2/C(=C(\O)c3ccccc3)C(=O)C(=O)N2c2nnc(SCc3ccc(C)cc3)s2)cc1OCC. The van der Waals surface area contributed by atoms with Crippen LogP contribution in [0.2, 0.25) is 0 Å². The van der Waals surface area contributed by atoms with Crippen molar-refractivity contribution < 1.29 is 24.2 Å². The van der Waals surface area contributed by atoms with E-state index in [1.54, 1.807) is 42.5 Å². The molecule has 10 heteroatoms. The molecule has 1 aliphatic heterocycles. The number of rotatable bonds is 12. The predicted molar refractivity (Wildman–Crippen MR) is 170 cm³/mol. The van der Waals surface area contributed by atoms with Crippen LogP contribution in [0.25, 0.3) is 5.76 Å². The van der Waals surface area contributed by atoms with Gasteiger partial charge in [-0.15, -0.1) is 10.2 Å². The number of unbranched alkanes of at least 4 members (excludes halogenated alkanes) is 1. The summed E-state index contributed by atoms with van der Waals surface area (Å²) in [6.07, 6.45) is 1.88. The number of aryl methyl sites for hydroxylation is 1. The number of anilines is 1. The highest BCUT2D eigenvalue weighted by molar-refractivity contribution is 8.00. The van der Waals surface area contributed by atoms with Gasteiger partial charge in [-0.1, -0.05) is 103 Å². The summed E-state index contributed by atoms with van der Waals surface area (Å²) in [4.78, 5) is 28.5. The molecule has 222 valence electrons. The Morgan fingerprint density at radius 2 is 1.74 bits per heavy atom. The summed E-state index contributed by atoms with van der Waals surface area (Å²) in [5.41, 5.74) is 3.31. The van der Waals surface area contributed by atoms with E-state index >= 15 is 0 Å². The molecule has 0 bridgehead atoms. The molecule has 43 heavy (non-hydrogen) atoms. The molecule has 1 unspecified atom stereocenters. The minimum Gasteiger partial charge on any atom is -0.507 e. The van der Waals surface area contributed by atoms with E-state index in [2.05, 4.69) is 41.4 Å². The molecule has 1 aromatic heterocycles. The highest BCUT2D eigenvalue weighted by Crippen LogP contribution is 2.45. The van der Waals surface area contributed by atoms with Gasteiger partial charge in [0.05, 0.1) is 24.8 Å². The van der Waals surface area contributed by atoms with Crippen molar-refractivity contribution in [1.82, 2.24) is 10.2 Å². The second-order valence-corrected chi connectivity index (χ2v) is 12.2. The number of amides is 1. The monoisotopic (exact) mass is 615 g/mol. The Morgan fingerprint density at radius 1 is 0.977 bits per heavy atom. The zero-order chi connectivity index (χ0) is 30.3. The molecule has 3 aromatic carbocycles. The van der Waals surface area contributed by atoms with Crippen LogP contribution in [-0.4, -0.2) is 40.2 Å². The Labute approximate surface area is 259 Å². The molecule has 8 nitrogen and oxygen atoms in total. The fourth-order valence-corrected chi connectivity index (χ4v) is 6.52. The summed E-state index contributed by atoms with van der Waals surface area (Å²) in [5.74, 6) is -0.0851. The standard InChI is InChI=1S/C33H33N3O5S2/c1-4-6-18-41-25-17-16-24(19-26(25)40-5-2)28-27(29(37)23-10-8-7-9-11-23)30(38)31(39)36(28)32-34-35-33(43-32)42-20-22-14-12-21(3)13-15-22/h7-17,19,28,37H,4-6,18,20H2,1-3H3/b29-27+. The first-order chi connectivity index (χ1) is 20.9. The van der Waals surface area contributed by atoms with Crippen molar-refractivity contribution in [2.45, 2.75) is 49.7 Å². The molecule has 1 saturated heterocycles. The van der Waals surface area contributed by atoms with Gasteiger partial charge >= 0.3 is 5.91 Å². The van der Waals surface area contributed by atoms with Crippen LogP contribution in [0.3, 0.4) is 0 Å². The third-order valence-corrected chi connectivity index (χ3v) is 9.04. The van der Waals surface area contributed by atoms with E-state index in [1.165, 1.54) is 33.6 Å². The molecule has 0 aliphatic carbocycles. The normalized spacial score (nSPS) is 16.1. The van der Waals surface area contributed by atoms with E-state index in [1.807, 2.05) is 19.9 Å². The summed E-state index contributed by atoms with van der Waals surface area (Å²) in [6, 6.07) is 21.4. The van der Waals surface area contributed by atoms with Crippen molar-refractivity contribution in [3.8, 4) is 11.5 Å². The van der Waals surface area contributed by atoms with Gasteiger partial charge in [-0.2, -0.15) is 0 Å². The Morgan fingerprint density at radius 3 is 2.47 bits per heavy atom. The van der Waals surface area contributed by atoms with Crippen molar-refractivity contribution >= 4 is 45.7 Å². The number of hydrogen-bond acceptors (Lipinski definition) is 9. The van der Waals surface area contributed by atoms with Crippen LogP contribution in [0.1, 0.15) is 55.0 Å². The number of carbonyl (C=O) groups excluding carboxylic acids is 2. The molecule has 2 heterocycles. The van der Waals surface area contributed by atoms with Crippen LogP contribution in [0.4, 0.5) is 5.13 Å². The van der Waals surface area contributed by atoms with E-state index in [4.69, 9.17) is 9.47 Å². The summed E-state index contributed by atoms with van der Waals surface area (Å²) in [7, 11) is 0. The molecule has 1 atom stereocenters. The topological polar surface area (TPSA) is 102 Å². The molecule has 1 fully saturated rings.